The molecule has 1 aliphatic rings. The Bertz CT molecular complexity index is 553. The SMILES string of the molecule is Fc1ccc(COc2ccc(C3CCCCC3)cc2)cc1. The predicted molar refractivity (Wildman–Crippen MR) is 83.0 cm³/mol. The monoisotopic (exact) mass is 284 g/mol. The molecule has 0 aromatic heterocycles. The first-order valence-electron chi connectivity index (χ1n) is 7.78. The van der Waals surface area contributed by atoms with E-state index in [0.29, 0.717) is 6.61 Å². The van der Waals surface area contributed by atoms with Gasteiger partial charge in [0.05, 0.1) is 0 Å². The van der Waals surface area contributed by atoms with Gasteiger partial charge in [0, 0.05) is 0 Å². The summed E-state index contributed by atoms with van der Waals surface area (Å²) in [4.78, 5) is 0. The van der Waals surface area contributed by atoms with Gasteiger partial charge in [0.2, 0.25) is 0 Å². The van der Waals surface area contributed by atoms with Crippen molar-refractivity contribution in [2.24, 2.45) is 0 Å². The van der Waals surface area contributed by atoms with E-state index in [9.17, 15) is 4.39 Å². The quantitative estimate of drug-likeness (QED) is 0.725. The number of benzene rings is 2. The van der Waals surface area contributed by atoms with Crippen molar-refractivity contribution in [3.05, 3.63) is 65.5 Å². The molecule has 0 unspecified atom stereocenters. The van der Waals surface area contributed by atoms with Gasteiger partial charge >= 0.3 is 0 Å². The molecule has 1 aliphatic carbocycles. The number of hydrogen-bond donors (Lipinski definition) is 0. The fourth-order valence-electron chi connectivity index (χ4n) is 3.02. The van der Waals surface area contributed by atoms with Gasteiger partial charge in [0.1, 0.15) is 18.2 Å². The lowest BCUT2D eigenvalue weighted by atomic mass is 9.84. The van der Waals surface area contributed by atoms with Crippen molar-refractivity contribution < 1.29 is 9.13 Å². The van der Waals surface area contributed by atoms with Gasteiger partial charge < -0.3 is 4.74 Å². The number of hydrogen-bond acceptors (Lipinski definition) is 1. The van der Waals surface area contributed by atoms with Gasteiger partial charge in [-0.15, -0.1) is 0 Å². The minimum atomic E-state index is -0.212. The van der Waals surface area contributed by atoms with E-state index in [0.717, 1.165) is 17.2 Å². The fraction of sp³-hybridized carbons (Fsp3) is 0.368. The third-order valence-corrected chi connectivity index (χ3v) is 4.28. The number of ether oxygens (including phenoxy) is 1. The molecule has 0 atom stereocenters. The lowest BCUT2D eigenvalue weighted by molar-refractivity contribution is 0.306. The van der Waals surface area contributed by atoms with Gasteiger partial charge in [-0.3, -0.25) is 0 Å². The molecule has 0 N–H and O–H groups in total. The van der Waals surface area contributed by atoms with Gasteiger partial charge in [-0.25, -0.2) is 4.39 Å². The first kappa shape index (κ1) is 14.1. The van der Waals surface area contributed by atoms with Crippen LogP contribution in [0.25, 0.3) is 0 Å². The molecule has 1 fully saturated rings. The summed E-state index contributed by atoms with van der Waals surface area (Å²) in [6.07, 6.45) is 6.72. The largest absolute Gasteiger partial charge is 0.489 e. The molecule has 0 radical (unpaired) electrons. The van der Waals surface area contributed by atoms with Crippen LogP contribution in [-0.2, 0) is 6.61 Å². The highest BCUT2D eigenvalue weighted by molar-refractivity contribution is 5.30. The predicted octanol–water partition coefficient (Wildman–Crippen LogP) is 5.45. The van der Waals surface area contributed by atoms with E-state index in [2.05, 4.69) is 12.1 Å². The molecule has 0 saturated heterocycles. The molecule has 0 aliphatic heterocycles. The second-order valence-corrected chi connectivity index (χ2v) is 5.82. The smallest absolute Gasteiger partial charge is 0.123 e. The lowest BCUT2D eigenvalue weighted by Crippen LogP contribution is -2.04. The number of halogens is 1. The topological polar surface area (TPSA) is 9.23 Å². The van der Waals surface area contributed by atoms with Crippen LogP contribution >= 0.6 is 0 Å². The molecule has 110 valence electrons. The van der Waals surface area contributed by atoms with Crippen molar-refractivity contribution in [3.8, 4) is 5.75 Å². The van der Waals surface area contributed by atoms with Gasteiger partial charge in [-0.1, -0.05) is 43.5 Å². The van der Waals surface area contributed by atoms with Crippen LogP contribution in [0.3, 0.4) is 0 Å². The molecule has 0 amide bonds. The average Bonchev–Trinajstić information content (AvgIpc) is 2.56. The van der Waals surface area contributed by atoms with Crippen molar-refractivity contribution in [1.29, 1.82) is 0 Å². The van der Waals surface area contributed by atoms with Crippen molar-refractivity contribution >= 4 is 0 Å². The maximum absolute atomic E-state index is 12.8. The van der Waals surface area contributed by atoms with E-state index < -0.39 is 0 Å². The maximum Gasteiger partial charge on any atom is 0.123 e. The summed E-state index contributed by atoms with van der Waals surface area (Å²) < 4.78 is 18.6. The zero-order chi connectivity index (χ0) is 14.5. The van der Waals surface area contributed by atoms with Crippen LogP contribution in [0.1, 0.15) is 49.1 Å². The van der Waals surface area contributed by atoms with E-state index in [1.165, 1.54) is 49.8 Å². The molecular formula is C19H21FO. The van der Waals surface area contributed by atoms with Gasteiger partial charge in [0.25, 0.3) is 0 Å². The molecule has 0 bridgehead atoms. The van der Waals surface area contributed by atoms with Crippen LogP contribution in [-0.4, -0.2) is 0 Å². The second kappa shape index (κ2) is 6.75. The first-order valence-corrected chi connectivity index (χ1v) is 7.78. The van der Waals surface area contributed by atoms with Gasteiger partial charge in [-0.2, -0.15) is 0 Å². The standard InChI is InChI=1S/C19H21FO/c20-18-10-6-15(7-11-18)14-21-19-12-8-17(9-13-19)16-4-2-1-3-5-16/h6-13,16H,1-5,14H2. The van der Waals surface area contributed by atoms with Crippen LogP contribution in [0.2, 0.25) is 0 Å². The van der Waals surface area contributed by atoms with Crippen molar-refractivity contribution in [2.45, 2.75) is 44.6 Å². The van der Waals surface area contributed by atoms with Gasteiger partial charge in [-0.05, 0) is 54.2 Å². The minimum Gasteiger partial charge on any atom is -0.489 e. The van der Waals surface area contributed by atoms with Crippen LogP contribution in [0.5, 0.6) is 5.75 Å². The highest BCUT2D eigenvalue weighted by Gasteiger charge is 2.15. The average molecular weight is 284 g/mol. The van der Waals surface area contributed by atoms with Crippen molar-refractivity contribution in [3.63, 3.8) is 0 Å². The van der Waals surface area contributed by atoms with E-state index >= 15 is 0 Å². The third-order valence-electron chi connectivity index (χ3n) is 4.28. The molecule has 1 saturated carbocycles. The van der Waals surface area contributed by atoms with Crippen LogP contribution in [0.15, 0.2) is 48.5 Å². The molecule has 2 heteroatoms. The molecule has 2 aromatic rings. The summed E-state index contributed by atoms with van der Waals surface area (Å²) in [5.41, 5.74) is 2.41. The van der Waals surface area contributed by atoms with Crippen molar-refractivity contribution in [2.75, 3.05) is 0 Å². The zero-order valence-electron chi connectivity index (χ0n) is 12.2. The first-order chi connectivity index (χ1) is 10.3. The molecule has 3 rings (SSSR count). The second-order valence-electron chi connectivity index (χ2n) is 5.82. The van der Waals surface area contributed by atoms with Gasteiger partial charge in [0.15, 0.2) is 0 Å². The summed E-state index contributed by atoms with van der Waals surface area (Å²) in [6, 6.07) is 14.9. The summed E-state index contributed by atoms with van der Waals surface area (Å²) in [6.45, 7) is 0.475. The Balaban J connectivity index is 1.57. The lowest BCUT2D eigenvalue weighted by Gasteiger charge is -2.22. The molecule has 0 heterocycles. The maximum atomic E-state index is 12.8. The Morgan fingerprint density at radius 3 is 2.19 bits per heavy atom. The summed E-state index contributed by atoms with van der Waals surface area (Å²) in [5.74, 6) is 1.39. The third kappa shape index (κ3) is 3.84. The molecular weight excluding hydrogens is 263 g/mol. The Kier molecular flexibility index (Phi) is 4.54. The normalized spacial score (nSPS) is 15.9. The molecule has 21 heavy (non-hydrogen) atoms. The van der Waals surface area contributed by atoms with E-state index in [4.69, 9.17) is 4.74 Å². The van der Waals surface area contributed by atoms with Crippen molar-refractivity contribution in [1.82, 2.24) is 0 Å². The summed E-state index contributed by atoms with van der Waals surface area (Å²) in [7, 11) is 0. The number of rotatable bonds is 4. The Morgan fingerprint density at radius 1 is 0.857 bits per heavy atom. The fourth-order valence-corrected chi connectivity index (χ4v) is 3.02. The van der Waals surface area contributed by atoms with Crippen LogP contribution in [0.4, 0.5) is 4.39 Å². The zero-order valence-corrected chi connectivity index (χ0v) is 12.2. The van der Waals surface area contributed by atoms with E-state index in [1.807, 2.05) is 12.1 Å². The van der Waals surface area contributed by atoms with E-state index in [1.54, 1.807) is 12.1 Å². The summed E-state index contributed by atoms with van der Waals surface area (Å²) >= 11 is 0. The molecule has 1 nitrogen and oxygen atoms in total. The van der Waals surface area contributed by atoms with Crippen LogP contribution in [0, 0.1) is 5.82 Å². The Labute approximate surface area is 125 Å². The highest BCUT2D eigenvalue weighted by atomic mass is 19.1. The van der Waals surface area contributed by atoms with E-state index in [-0.39, 0.29) is 5.82 Å². The van der Waals surface area contributed by atoms with Crippen LogP contribution < -0.4 is 4.74 Å². The molecule has 0 spiro atoms. The molecule has 2 aromatic carbocycles. The Hall–Kier alpha value is -1.83. The Morgan fingerprint density at radius 2 is 1.52 bits per heavy atom. The highest BCUT2D eigenvalue weighted by Crippen LogP contribution is 2.33. The summed E-state index contributed by atoms with van der Waals surface area (Å²) in [5, 5.41) is 0. The minimum absolute atomic E-state index is 0.212.